The van der Waals surface area contributed by atoms with E-state index in [1.54, 1.807) is 0 Å². The van der Waals surface area contributed by atoms with E-state index in [2.05, 4.69) is 23.3 Å². The number of nitrogens with zero attached hydrogens (tertiary/aromatic N) is 1. The van der Waals surface area contributed by atoms with E-state index in [4.69, 9.17) is 0 Å². The summed E-state index contributed by atoms with van der Waals surface area (Å²) in [7, 11) is 0. The Morgan fingerprint density at radius 3 is 3.00 bits per heavy atom. The second-order valence-electron chi connectivity index (χ2n) is 4.19. The van der Waals surface area contributed by atoms with Gasteiger partial charge in [0.15, 0.2) is 0 Å². The Labute approximate surface area is 85.7 Å². The molecular formula is C12H18N2. The van der Waals surface area contributed by atoms with Crippen molar-refractivity contribution in [3.8, 4) is 0 Å². The SMILES string of the molecule is Cc1cccnc1CNCC1CCC1. The maximum Gasteiger partial charge on any atom is 0.0570 e. The molecule has 1 heterocycles. The number of pyridine rings is 1. The predicted octanol–water partition coefficient (Wildman–Crippen LogP) is 2.28. The summed E-state index contributed by atoms with van der Waals surface area (Å²) < 4.78 is 0. The molecule has 1 aliphatic carbocycles. The summed E-state index contributed by atoms with van der Waals surface area (Å²) in [5, 5.41) is 3.48. The summed E-state index contributed by atoms with van der Waals surface area (Å²) in [5.74, 6) is 0.930. The first-order valence-electron chi connectivity index (χ1n) is 5.47. The normalized spacial score (nSPS) is 16.6. The molecule has 0 unspecified atom stereocenters. The van der Waals surface area contributed by atoms with Gasteiger partial charge in [-0.15, -0.1) is 0 Å². The fourth-order valence-electron chi connectivity index (χ4n) is 1.80. The molecule has 0 amide bonds. The van der Waals surface area contributed by atoms with Gasteiger partial charge in [-0.05, 0) is 43.9 Å². The Morgan fingerprint density at radius 2 is 2.36 bits per heavy atom. The van der Waals surface area contributed by atoms with Crippen LogP contribution in [-0.2, 0) is 6.54 Å². The average molecular weight is 190 g/mol. The van der Waals surface area contributed by atoms with Gasteiger partial charge in [-0.1, -0.05) is 12.5 Å². The molecule has 0 atom stereocenters. The second-order valence-corrected chi connectivity index (χ2v) is 4.19. The van der Waals surface area contributed by atoms with Gasteiger partial charge in [0.2, 0.25) is 0 Å². The molecular weight excluding hydrogens is 172 g/mol. The molecule has 1 saturated carbocycles. The van der Waals surface area contributed by atoms with Crippen LogP contribution >= 0.6 is 0 Å². The van der Waals surface area contributed by atoms with Gasteiger partial charge in [0.25, 0.3) is 0 Å². The Morgan fingerprint density at radius 1 is 1.50 bits per heavy atom. The summed E-state index contributed by atoms with van der Waals surface area (Å²) in [6, 6.07) is 4.11. The minimum atomic E-state index is 0.920. The molecule has 1 aliphatic rings. The van der Waals surface area contributed by atoms with Gasteiger partial charge < -0.3 is 5.32 Å². The number of aromatic nitrogens is 1. The van der Waals surface area contributed by atoms with Crippen molar-refractivity contribution in [2.75, 3.05) is 6.54 Å². The standard InChI is InChI=1S/C12H18N2/c1-10-4-3-7-14-12(10)9-13-8-11-5-2-6-11/h3-4,7,11,13H,2,5-6,8-9H2,1H3. The van der Waals surface area contributed by atoms with Crippen LogP contribution in [0.1, 0.15) is 30.5 Å². The maximum atomic E-state index is 4.36. The first kappa shape index (κ1) is 9.66. The van der Waals surface area contributed by atoms with Crippen LogP contribution in [0.15, 0.2) is 18.3 Å². The summed E-state index contributed by atoms with van der Waals surface area (Å²) >= 11 is 0. The zero-order chi connectivity index (χ0) is 9.80. The smallest absolute Gasteiger partial charge is 0.0570 e. The van der Waals surface area contributed by atoms with Crippen LogP contribution < -0.4 is 5.32 Å². The lowest BCUT2D eigenvalue weighted by Gasteiger charge is -2.25. The quantitative estimate of drug-likeness (QED) is 0.788. The van der Waals surface area contributed by atoms with Crippen LogP contribution in [0.25, 0.3) is 0 Å². The van der Waals surface area contributed by atoms with Crippen LogP contribution in [0, 0.1) is 12.8 Å². The highest BCUT2D eigenvalue weighted by molar-refractivity contribution is 5.17. The minimum absolute atomic E-state index is 0.920. The minimum Gasteiger partial charge on any atom is -0.311 e. The van der Waals surface area contributed by atoms with Gasteiger partial charge in [-0.3, -0.25) is 4.98 Å². The molecule has 0 aromatic carbocycles. The molecule has 1 fully saturated rings. The molecule has 1 aromatic rings. The van der Waals surface area contributed by atoms with Gasteiger partial charge in [0.1, 0.15) is 0 Å². The van der Waals surface area contributed by atoms with Crippen LogP contribution in [0.2, 0.25) is 0 Å². The first-order valence-corrected chi connectivity index (χ1v) is 5.47. The number of rotatable bonds is 4. The van der Waals surface area contributed by atoms with Crippen molar-refractivity contribution >= 4 is 0 Å². The van der Waals surface area contributed by atoms with Crippen molar-refractivity contribution in [3.05, 3.63) is 29.6 Å². The zero-order valence-electron chi connectivity index (χ0n) is 8.79. The molecule has 1 aromatic heterocycles. The third-order valence-corrected chi connectivity index (χ3v) is 3.07. The Hall–Kier alpha value is -0.890. The molecule has 2 heteroatoms. The van der Waals surface area contributed by atoms with Crippen LogP contribution in [0.3, 0.4) is 0 Å². The molecule has 2 nitrogen and oxygen atoms in total. The molecule has 0 bridgehead atoms. The highest BCUT2D eigenvalue weighted by Crippen LogP contribution is 2.25. The van der Waals surface area contributed by atoms with Gasteiger partial charge in [-0.2, -0.15) is 0 Å². The van der Waals surface area contributed by atoms with E-state index in [1.807, 2.05) is 12.3 Å². The number of hydrogen-bond acceptors (Lipinski definition) is 2. The summed E-state index contributed by atoms with van der Waals surface area (Å²) in [6.45, 7) is 4.20. The van der Waals surface area contributed by atoms with Gasteiger partial charge in [0, 0.05) is 12.7 Å². The van der Waals surface area contributed by atoms with Crippen molar-refractivity contribution in [2.45, 2.75) is 32.7 Å². The van der Waals surface area contributed by atoms with E-state index >= 15 is 0 Å². The molecule has 14 heavy (non-hydrogen) atoms. The van der Waals surface area contributed by atoms with Crippen LogP contribution in [0.4, 0.5) is 0 Å². The Kier molecular flexibility index (Phi) is 3.14. The van der Waals surface area contributed by atoms with Gasteiger partial charge in [0.05, 0.1) is 5.69 Å². The van der Waals surface area contributed by atoms with E-state index in [-0.39, 0.29) is 0 Å². The number of aryl methyl sites for hydroxylation is 1. The highest BCUT2D eigenvalue weighted by atomic mass is 14.9. The lowest BCUT2D eigenvalue weighted by Crippen LogP contribution is -2.27. The zero-order valence-corrected chi connectivity index (χ0v) is 8.79. The van der Waals surface area contributed by atoms with Gasteiger partial charge in [-0.25, -0.2) is 0 Å². The topological polar surface area (TPSA) is 24.9 Å². The summed E-state index contributed by atoms with van der Waals surface area (Å²) in [4.78, 5) is 4.36. The molecule has 0 saturated heterocycles. The van der Waals surface area contributed by atoms with Crippen molar-refractivity contribution in [2.24, 2.45) is 5.92 Å². The average Bonchev–Trinajstić information content (AvgIpc) is 2.12. The highest BCUT2D eigenvalue weighted by Gasteiger charge is 2.16. The molecule has 2 rings (SSSR count). The van der Waals surface area contributed by atoms with Crippen molar-refractivity contribution in [1.82, 2.24) is 10.3 Å². The lowest BCUT2D eigenvalue weighted by atomic mass is 9.85. The number of nitrogens with one attached hydrogen (secondary N) is 1. The van der Waals surface area contributed by atoms with Crippen LogP contribution in [0.5, 0.6) is 0 Å². The lowest BCUT2D eigenvalue weighted by molar-refractivity contribution is 0.301. The monoisotopic (exact) mass is 190 g/mol. The molecule has 0 spiro atoms. The van der Waals surface area contributed by atoms with E-state index in [1.165, 1.54) is 30.5 Å². The maximum absolute atomic E-state index is 4.36. The third-order valence-electron chi connectivity index (χ3n) is 3.07. The molecule has 0 radical (unpaired) electrons. The molecule has 0 aliphatic heterocycles. The fourth-order valence-corrected chi connectivity index (χ4v) is 1.80. The van der Waals surface area contributed by atoms with Crippen molar-refractivity contribution in [1.29, 1.82) is 0 Å². The summed E-state index contributed by atoms with van der Waals surface area (Å²) in [6.07, 6.45) is 6.12. The first-order chi connectivity index (χ1) is 6.86. The second kappa shape index (κ2) is 4.56. The molecule has 76 valence electrons. The largest absolute Gasteiger partial charge is 0.311 e. The number of hydrogen-bond donors (Lipinski definition) is 1. The predicted molar refractivity (Wildman–Crippen MR) is 58.0 cm³/mol. The molecule has 1 N–H and O–H groups in total. The van der Waals surface area contributed by atoms with E-state index in [9.17, 15) is 0 Å². The third kappa shape index (κ3) is 2.32. The Bertz CT molecular complexity index is 292. The van der Waals surface area contributed by atoms with E-state index in [0.717, 1.165) is 19.0 Å². The fraction of sp³-hybridized carbons (Fsp3) is 0.583. The Balaban J connectivity index is 1.76. The van der Waals surface area contributed by atoms with E-state index < -0.39 is 0 Å². The van der Waals surface area contributed by atoms with Crippen molar-refractivity contribution in [3.63, 3.8) is 0 Å². The van der Waals surface area contributed by atoms with Gasteiger partial charge >= 0.3 is 0 Å². The van der Waals surface area contributed by atoms with E-state index in [0.29, 0.717) is 0 Å². The summed E-state index contributed by atoms with van der Waals surface area (Å²) in [5.41, 5.74) is 2.47. The van der Waals surface area contributed by atoms with Crippen molar-refractivity contribution < 1.29 is 0 Å². The van der Waals surface area contributed by atoms with Crippen LogP contribution in [-0.4, -0.2) is 11.5 Å².